The zero-order valence-electron chi connectivity index (χ0n) is 14.9. The highest BCUT2D eigenvalue weighted by Gasteiger charge is 2.08. The van der Waals surface area contributed by atoms with Crippen LogP contribution in [0.15, 0.2) is 64.3 Å². The van der Waals surface area contributed by atoms with Crippen molar-refractivity contribution in [1.29, 1.82) is 0 Å². The quantitative estimate of drug-likeness (QED) is 0.609. The fraction of sp³-hybridized carbons (Fsp3) is 0.211. The first kappa shape index (κ1) is 19.2. The summed E-state index contributed by atoms with van der Waals surface area (Å²) in [6, 6.07) is 11.5. The molecular weight excluding hydrogens is 365 g/mol. The minimum absolute atomic E-state index is 0.206. The minimum atomic E-state index is -0.416. The predicted molar refractivity (Wildman–Crippen MR) is 100 cm³/mol. The van der Waals surface area contributed by atoms with Crippen LogP contribution in [0, 0.1) is 5.82 Å². The number of carbonyl (C=O) groups is 1. The average molecular weight is 383 g/mol. The molecular formula is C19H18FN5O3. The van der Waals surface area contributed by atoms with Gasteiger partial charge in [0.05, 0.1) is 5.69 Å². The molecule has 0 atom stereocenters. The lowest BCUT2D eigenvalue weighted by Crippen LogP contribution is -2.34. The fourth-order valence-corrected chi connectivity index (χ4v) is 2.54. The lowest BCUT2D eigenvalue weighted by atomic mass is 10.1. The number of amides is 1. The van der Waals surface area contributed by atoms with E-state index in [0.717, 1.165) is 4.68 Å². The Labute approximate surface area is 159 Å². The molecule has 0 saturated carbocycles. The highest BCUT2D eigenvalue weighted by molar-refractivity contribution is 5.75. The monoisotopic (exact) mass is 383 g/mol. The van der Waals surface area contributed by atoms with Crippen LogP contribution in [0.2, 0.25) is 0 Å². The number of nitrogens with one attached hydrogen (secondary N) is 1. The van der Waals surface area contributed by atoms with Gasteiger partial charge in [0.15, 0.2) is 0 Å². The van der Waals surface area contributed by atoms with E-state index in [1.165, 1.54) is 41.2 Å². The van der Waals surface area contributed by atoms with E-state index < -0.39 is 5.56 Å². The molecule has 0 aliphatic rings. The molecule has 8 nitrogen and oxygen atoms in total. The van der Waals surface area contributed by atoms with Gasteiger partial charge in [-0.3, -0.25) is 14.4 Å². The second kappa shape index (κ2) is 8.85. The molecule has 28 heavy (non-hydrogen) atoms. The van der Waals surface area contributed by atoms with Gasteiger partial charge in [0, 0.05) is 37.0 Å². The summed E-state index contributed by atoms with van der Waals surface area (Å²) in [7, 11) is 0. The highest BCUT2D eigenvalue weighted by Crippen LogP contribution is 2.15. The van der Waals surface area contributed by atoms with Crippen molar-refractivity contribution in [3.63, 3.8) is 0 Å². The van der Waals surface area contributed by atoms with Crippen molar-refractivity contribution < 1.29 is 9.18 Å². The number of carbonyl (C=O) groups excluding carboxylic acids is 1. The number of benzene rings is 1. The zero-order chi connectivity index (χ0) is 19.9. The van der Waals surface area contributed by atoms with Crippen molar-refractivity contribution in [2.45, 2.75) is 19.5 Å². The molecule has 2 heterocycles. The van der Waals surface area contributed by atoms with Crippen molar-refractivity contribution in [1.82, 2.24) is 24.9 Å². The summed E-state index contributed by atoms with van der Waals surface area (Å²) in [5.41, 5.74) is 0.474. The first-order valence-electron chi connectivity index (χ1n) is 8.66. The Bertz CT molecular complexity index is 1080. The molecule has 3 rings (SSSR count). The summed E-state index contributed by atoms with van der Waals surface area (Å²) in [6.45, 7) is 0.462. The third-order valence-electron chi connectivity index (χ3n) is 3.95. The van der Waals surface area contributed by atoms with Gasteiger partial charge in [0.25, 0.3) is 11.1 Å². The number of hydrogen-bond acceptors (Lipinski definition) is 5. The Hall–Kier alpha value is -3.62. The Morgan fingerprint density at radius 3 is 2.50 bits per heavy atom. The molecule has 0 bridgehead atoms. The molecule has 144 valence electrons. The van der Waals surface area contributed by atoms with Crippen LogP contribution in [0.3, 0.4) is 0 Å². The first-order chi connectivity index (χ1) is 13.5. The lowest BCUT2D eigenvalue weighted by Gasteiger charge is -2.09. The van der Waals surface area contributed by atoms with Gasteiger partial charge in [0.2, 0.25) is 5.91 Å². The van der Waals surface area contributed by atoms with Crippen LogP contribution in [0.1, 0.15) is 6.42 Å². The average Bonchev–Trinajstić information content (AvgIpc) is 2.69. The third-order valence-corrected chi connectivity index (χ3v) is 3.95. The first-order valence-corrected chi connectivity index (χ1v) is 8.66. The van der Waals surface area contributed by atoms with E-state index in [0.29, 0.717) is 30.8 Å². The van der Waals surface area contributed by atoms with Crippen LogP contribution in [0.4, 0.5) is 4.39 Å². The van der Waals surface area contributed by atoms with E-state index in [4.69, 9.17) is 0 Å². The smallest absolute Gasteiger partial charge is 0.267 e. The number of aryl methyl sites for hydroxylation is 1. The Morgan fingerprint density at radius 1 is 1.00 bits per heavy atom. The van der Waals surface area contributed by atoms with Crippen LogP contribution < -0.4 is 16.4 Å². The van der Waals surface area contributed by atoms with Crippen molar-refractivity contribution in [3.8, 4) is 11.3 Å². The van der Waals surface area contributed by atoms with Crippen molar-refractivity contribution in [2.75, 3.05) is 6.54 Å². The lowest BCUT2D eigenvalue weighted by molar-refractivity contribution is -0.121. The highest BCUT2D eigenvalue weighted by atomic mass is 19.1. The number of aromatic nitrogens is 4. The van der Waals surface area contributed by atoms with Gasteiger partial charge in [0.1, 0.15) is 12.4 Å². The van der Waals surface area contributed by atoms with Crippen LogP contribution in [0.25, 0.3) is 11.3 Å². The fourth-order valence-electron chi connectivity index (χ4n) is 2.54. The van der Waals surface area contributed by atoms with Gasteiger partial charge in [-0.1, -0.05) is 0 Å². The maximum absolute atomic E-state index is 13.0. The summed E-state index contributed by atoms with van der Waals surface area (Å²) in [6.07, 6.45) is 2.03. The molecule has 1 aromatic carbocycles. The normalized spacial score (nSPS) is 10.6. The van der Waals surface area contributed by atoms with E-state index in [2.05, 4.69) is 15.5 Å². The van der Waals surface area contributed by atoms with Gasteiger partial charge in [-0.2, -0.15) is 10.2 Å². The van der Waals surface area contributed by atoms with Gasteiger partial charge in [-0.25, -0.2) is 13.8 Å². The zero-order valence-corrected chi connectivity index (χ0v) is 14.9. The van der Waals surface area contributed by atoms with Crippen molar-refractivity contribution in [3.05, 3.63) is 81.3 Å². The molecule has 2 aromatic heterocycles. The molecule has 1 N–H and O–H groups in total. The van der Waals surface area contributed by atoms with Gasteiger partial charge in [-0.15, -0.1) is 0 Å². The standard InChI is InChI=1S/C19H18FN5O3/c20-15-6-4-14(5-7-15)16-8-9-19(28)25(23-16)13-17(26)21-10-2-12-24-18(27)3-1-11-22-24/h1,3-9,11H,2,10,12-13H2,(H,21,26). The number of halogens is 1. The summed E-state index contributed by atoms with van der Waals surface area (Å²) in [5, 5.41) is 10.8. The van der Waals surface area contributed by atoms with Crippen LogP contribution in [-0.2, 0) is 17.9 Å². The number of nitrogens with zero attached hydrogens (tertiary/aromatic N) is 4. The summed E-state index contributed by atoms with van der Waals surface area (Å²) < 4.78 is 15.4. The third kappa shape index (κ3) is 4.97. The van der Waals surface area contributed by atoms with E-state index >= 15 is 0 Å². The molecule has 0 aliphatic carbocycles. The Balaban J connectivity index is 1.57. The topological polar surface area (TPSA) is 98.9 Å². The van der Waals surface area contributed by atoms with Crippen molar-refractivity contribution in [2.24, 2.45) is 0 Å². The Morgan fingerprint density at radius 2 is 1.75 bits per heavy atom. The van der Waals surface area contributed by atoms with E-state index in [9.17, 15) is 18.8 Å². The molecule has 3 aromatic rings. The molecule has 0 fully saturated rings. The van der Waals surface area contributed by atoms with Gasteiger partial charge >= 0.3 is 0 Å². The van der Waals surface area contributed by atoms with Gasteiger partial charge < -0.3 is 5.32 Å². The van der Waals surface area contributed by atoms with Crippen LogP contribution in [0.5, 0.6) is 0 Å². The summed E-state index contributed by atoms with van der Waals surface area (Å²) >= 11 is 0. The minimum Gasteiger partial charge on any atom is -0.354 e. The second-order valence-corrected chi connectivity index (χ2v) is 6.01. The molecule has 9 heteroatoms. The van der Waals surface area contributed by atoms with Crippen LogP contribution in [-0.4, -0.2) is 32.0 Å². The maximum atomic E-state index is 13.0. The van der Waals surface area contributed by atoms with E-state index in [-0.39, 0.29) is 23.8 Å². The molecule has 0 unspecified atom stereocenters. The summed E-state index contributed by atoms with van der Waals surface area (Å²) in [4.78, 5) is 35.6. The second-order valence-electron chi connectivity index (χ2n) is 6.01. The largest absolute Gasteiger partial charge is 0.354 e. The molecule has 1 amide bonds. The molecule has 0 saturated heterocycles. The SMILES string of the molecule is O=C(Cn1nc(-c2ccc(F)cc2)ccc1=O)NCCCn1ncccc1=O. The van der Waals surface area contributed by atoms with E-state index in [1.807, 2.05) is 0 Å². The molecule has 0 spiro atoms. The molecule has 0 aliphatic heterocycles. The predicted octanol–water partition coefficient (Wildman–Crippen LogP) is 0.813. The maximum Gasteiger partial charge on any atom is 0.267 e. The van der Waals surface area contributed by atoms with Crippen molar-refractivity contribution >= 4 is 5.91 Å². The van der Waals surface area contributed by atoms with Crippen LogP contribution >= 0.6 is 0 Å². The molecule has 0 radical (unpaired) electrons. The van der Waals surface area contributed by atoms with E-state index in [1.54, 1.807) is 18.2 Å². The number of rotatable bonds is 7. The summed E-state index contributed by atoms with van der Waals surface area (Å²) in [5.74, 6) is -0.747. The van der Waals surface area contributed by atoms with Gasteiger partial charge in [-0.05, 0) is 42.8 Å². The Kier molecular flexibility index (Phi) is 6.05. The number of hydrogen-bond donors (Lipinski definition) is 1.